The van der Waals surface area contributed by atoms with Crippen molar-refractivity contribution in [3.8, 4) is 22.6 Å². The van der Waals surface area contributed by atoms with Crippen LogP contribution in [0, 0.1) is 0 Å². The van der Waals surface area contributed by atoms with Crippen molar-refractivity contribution in [1.82, 2.24) is 9.71 Å². The molecule has 1 heterocycles. The third-order valence-corrected chi connectivity index (χ3v) is 5.49. The quantitative estimate of drug-likeness (QED) is 0.532. The maximum atomic E-state index is 11.6. The second kappa shape index (κ2) is 9.55. The predicted octanol–water partition coefficient (Wildman–Crippen LogP) is 3.81. The van der Waals surface area contributed by atoms with Gasteiger partial charge >= 0.3 is 0 Å². The average Bonchev–Trinajstić information content (AvgIpc) is 2.70. The Morgan fingerprint density at radius 1 is 1.10 bits per heavy atom. The van der Waals surface area contributed by atoms with E-state index in [0.717, 1.165) is 17.4 Å². The third-order valence-electron chi connectivity index (χ3n) is 4.22. The fourth-order valence-corrected chi connectivity index (χ4v) is 3.95. The minimum Gasteiger partial charge on any atom is -0.507 e. The van der Waals surface area contributed by atoms with E-state index in [2.05, 4.69) is 4.98 Å². The van der Waals surface area contributed by atoms with Crippen molar-refractivity contribution < 1.29 is 23.1 Å². The summed E-state index contributed by atoms with van der Waals surface area (Å²) in [6.45, 7) is -0.508. The normalized spacial score (nSPS) is 11.2. The van der Waals surface area contributed by atoms with Crippen molar-refractivity contribution in [3.63, 3.8) is 0 Å². The van der Waals surface area contributed by atoms with Crippen molar-refractivity contribution in [3.05, 3.63) is 76.0 Å². The number of rotatable bonds is 7. The van der Waals surface area contributed by atoms with Crippen molar-refractivity contribution in [1.29, 1.82) is 0 Å². The van der Waals surface area contributed by atoms with Crippen LogP contribution < -0.4 is 9.46 Å². The van der Waals surface area contributed by atoms with Gasteiger partial charge in [0.05, 0.1) is 6.26 Å². The van der Waals surface area contributed by atoms with E-state index in [1.165, 1.54) is 12.1 Å². The summed E-state index contributed by atoms with van der Waals surface area (Å²) in [5.74, 6) is -0.444. The number of carbonyl (C=O) groups excluding carboxylic acids is 1. The maximum absolute atomic E-state index is 11.6. The molecular weight excluding hydrogens is 463 g/mol. The van der Waals surface area contributed by atoms with Gasteiger partial charge < -0.3 is 9.84 Å². The van der Waals surface area contributed by atoms with Gasteiger partial charge in [0.2, 0.25) is 10.0 Å². The van der Waals surface area contributed by atoms with Gasteiger partial charge in [-0.05, 0) is 53.1 Å². The monoisotopic (exact) mass is 480 g/mol. The minimum atomic E-state index is -3.67. The number of hydrogen-bond acceptors (Lipinski definition) is 6. The number of pyridine rings is 1. The van der Waals surface area contributed by atoms with Gasteiger partial charge in [-0.3, -0.25) is 14.5 Å². The maximum Gasteiger partial charge on any atom is 0.271 e. The molecule has 3 aromatic rings. The number of nitrogens with one attached hydrogen (secondary N) is 1. The van der Waals surface area contributed by atoms with E-state index in [1.807, 2.05) is 6.07 Å². The number of nitrogens with zero attached hydrogens (tertiary/aromatic N) is 1. The first kappa shape index (κ1) is 22.9. The van der Waals surface area contributed by atoms with Gasteiger partial charge in [-0.25, -0.2) is 8.42 Å². The molecule has 7 nitrogen and oxygen atoms in total. The molecule has 2 aromatic carbocycles. The lowest BCUT2D eigenvalue weighted by atomic mass is 9.98. The van der Waals surface area contributed by atoms with Crippen LogP contribution in [0.3, 0.4) is 0 Å². The van der Waals surface area contributed by atoms with Crippen LogP contribution in [-0.2, 0) is 21.2 Å². The summed E-state index contributed by atoms with van der Waals surface area (Å²) < 4.78 is 29.2. The summed E-state index contributed by atoms with van der Waals surface area (Å²) >= 11 is 12.8. The molecule has 0 atom stereocenters. The van der Waals surface area contributed by atoms with Crippen LogP contribution in [0.4, 0.5) is 0 Å². The Morgan fingerprint density at radius 2 is 1.74 bits per heavy atom. The van der Waals surface area contributed by atoms with Gasteiger partial charge in [0, 0.05) is 34.4 Å². The van der Waals surface area contributed by atoms with E-state index in [4.69, 9.17) is 27.9 Å². The molecule has 0 spiro atoms. The van der Waals surface area contributed by atoms with Crippen LogP contribution >= 0.6 is 23.2 Å². The Hall–Kier alpha value is -2.81. The van der Waals surface area contributed by atoms with E-state index in [-0.39, 0.29) is 11.5 Å². The van der Waals surface area contributed by atoms with Crippen molar-refractivity contribution in [2.75, 3.05) is 12.9 Å². The van der Waals surface area contributed by atoms with E-state index in [0.29, 0.717) is 27.6 Å². The number of ether oxygens (including phenoxy) is 1. The first-order chi connectivity index (χ1) is 14.6. The summed E-state index contributed by atoms with van der Waals surface area (Å²) in [7, 11) is -3.67. The molecule has 0 aliphatic heterocycles. The number of benzene rings is 2. The van der Waals surface area contributed by atoms with Gasteiger partial charge in [0.15, 0.2) is 6.61 Å². The van der Waals surface area contributed by atoms with E-state index < -0.39 is 22.5 Å². The number of carbonyl (C=O) groups is 1. The van der Waals surface area contributed by atoms with E-state index >= 15 is 0 Å². The highest BCUT2D eigenvalue weighted by Crippen LogP contribution is 2.34. The lowest BCUT2D eigenvalue weighted by molar-refractivity contribution is -0.121. The number of aromatic nitrogens is 1. The van der Waals surface area contributed by atoms with Crippen LogP contribution in [0.1, 0.15) is 11.1 Å². The largest absolute Gasteiger partial charge is 0.507 e. The lowest BCUT2D eigenvalue weighted by Crippen LogP contribution is -2.33. The molecule has 10 heteroatoms. The number of phenolic OH excluding ortho intramolecular Hbond substituents is 1. The SMILES string of the molecule is CS(=O)(=O)NC(=O)COc1cc(Cl)c(Cc2ccc(O)c(-c3ccncc3)c2)c(Cl)c1. The van der Waals surface area contributed by atoms with Gasteiger partial charge in [-0.1, -0.05) is 29.3 Å². The molecule has 0 unspecified atom stereocenters. The Kier molecular flexibility index (Phi) is 7.04. The zero-order valence-corrected chi connectivity index (χ0v) is 18.6. The lowest BCUT2D eigenvalue weighted by Gasteiger charge is -2.13. The Bertz CT molecular complexity index is 1190. The molecule has 2 N–H and O–H groups in total. The summed E-state index contributed by atoms with van der Waals surface area (Å²) in [4.78, 5) is 15.6. The fraction of sp³-hybridized carbons (Fsp3) is 0.143. The van der Waals surface area contributed by atoms with E-state index in [1.54, 1.807) is 41.4 Å². The predicted molar refractivity (Wildman–Crippen MR) is 119 cm³/mol. The molecule has 3 rings (SSSR count). The Labute approximate surface area is 189 Å². The Morgan fingerprint density at radius 3 is 2.35 bits per heavy atom. The van der Waals surface area contributed by atoms with Crippen molar-refractivity contribution in [2.24, 2.45) is 0 Å². The molecule has 0 aliphatic carbocycles. The van der Waals surface area contributed by atoms with Crippen LogP contribution in [0.15, 0.2) is 54.9 Å². The van der Waals surface area contributed by atoms with Crippen molar-refractivity contribution in [2.45, 2.75) is 6.42 Å². The summed E-state index contributed by atoms with van der Waals surface area (Å²) in [6.07, 6.45) is 4.55. The number of amides is 1. The van der Waals surface area contributed by atoms with Crippen LogP contribution in [0.5, 0.6) is 11.5 Å². The Balaban J connectivity index is 1.78. The van der Waals surface area contributed by atoms with Crippen LogP contribution in [0.2, 0.25) is 10.0 Å². The number of sulfonamides is 1. The minimum absolute atomic E-state index is 0.142. The average molecular weight is 481 g/mol. The molecular formula is C21H18Cl2N2O5S. The molecule has 162 valence electrons. The summed E-state index contributed by atoms with van der Waals surface area (Å²) in [5, 5.41) is 10.9. The number of aromatic hydroxyl groups is 1. The second-order valence-electron chi connectivity index (χ2n) is 6.72. The highest BCUT2D eigenvalue weighted by molar-refractivity contribution is 7.89. The molecule has 0 aliphatic rings. The number of halogens is 2. The highest BCUT2D eigenvalue weighted by atomic mass is 35.5. The first-order valence-corrected chi connectivity index (χ1v) is 11.6. The molecule has 1 amide bonds. The summed E-state index contributed by atoms with van der Waals surface area (Å²) in [5.41, 5.74) is 2.99. The zero-order chi connectivity index (χ0) is 22.6. The number of phenols is 1. The number of hydrogen-bond donors (Lipinski definition) is 2. The zero-order valence-electron chi connectivity index (χ0n) is 16.3. The molecule has 1 aromatic heterocycles. The van der Waals surface area contributed by atoms with Crippen molar-refractivity contribution >= 4 is 39.1 Å². The van der Waals surface area contributed by atoms with E-state index in [9.17, 15) is 18.3 Å². The molecule has 0 bridgehead atoms. The topological polar surface area (TPSA) is 106 Å². The van der Waals surface area contributed by atoms with Gasteiger partial charge in [0.25, 0.3) is 5.91 Å². The smallest absolute Gasteiger partial charge is 0.271 e. The van der Waals surface area contributed by atoms with Crippen LogP contribution in [-0.4, -0.2) is 37.3 Å². The molecule has 0 saturated carbocycles. The standard InChI is InChI=1S/C21H18Cl2N2O5S/c1-31(28,29)25-21(27)12-30-15-10-18(22)17(19(23)11-15)9-13-2-3-20(26)16(8-13)14-4-6-24-7-5-14/h2-8,10-11,26H,9,12H2,1H3,(H,25,27). The molecule has 0 saturated heterocycles. The highest BCUT2D eigenvalue weighted by Gasteiger charge is 2.14. The van der Waals surface area contributed by atoms with Gasteiger partial charge in [-0.15, -0.1) is 0 Å². The van der Waals surface area contributed by atoms with Gasteiger partial charge in [-0.2, -0.15) is 0 Å². The second-order valence-corrected chi connectivity index (χ2v) is 9.28. The molecule has 31 heavy (non-hydrogen) atoms. The van der Waals surface area contributed by atoms with Gasteiger partial charge in [0.1, 0.15) is 11.5 Å². The van der Waals surface area contributed by atoms with Crippen LogP contribution in [0.25, 0.3) is 11.1 Å². The molecule has 0 fully saturated rings. The third kappa shape index (κ3) is 6.33. The fourth-order valence-electron chi connectivity index (χ4n) is 2.88. The first-order valence-electron chi connectivity index (χ1n) is 8.96. The summed E-state index contributed by atoms with van der Waals surface area (Å²) in [6, 6.07) is 11.8. The molecule has 0 radical (unpaired) electrons.